The van der Waals surface area contributed by atoms with Gasteiger partial charge in [-0.05, 0) is 23.5 Å². The second-order valence-electron chi connectivity index (χ2n) is 4.74. The average molecular weight is 303 g/mol. The van der Waals surface area contributed by atoms with Gasteiger partial charge in [-0.25, -0.2) is 4.39 Å². The predicted molar refractivity (Wildman–Crippen MR) is 91.8 cm³/mol. The van der Waals surface area contributed by atoms with Gasteiger partial charge in [-0.15, -0.1) is 11.8 Å². The van der Waals surface area contributed by atoms with E-state index in [1.165, 1.54) is 0 Å². The van der Waals surface area contributed by atoms with Gasteiger partial charge in [0.1, 0.15) is 0 Å². The quantitative estimate of drug-likeness (QED) is 0.559. The Hall–Kier alpha value is -1.61. The number of halogens is 1. The third-order valence-corrected chi connectivity index (χ3v) is 3.73. The minimum Gasteiger partial charge on any atom is -0.261 e. The molecule has 0 aromatic carbocycles. The van der Waals surface area contributed by atoms with Gasteiger partial charge in [0, 0.05) is 30.5 Å². The van der Waals surface area contributed by atoms with E-state index in [2.05, 4.69) is 36.0 Å². The lowest BCUT2D eigenvalue weighted by Crippen LogP contribution is -1.91. The monoisotopic (exact) mass is 303 g/mol. The molecule has 0 saturated heterocycles. The molecule has 3 heteroatoms. The maximum Gasteiger partial charge on any atom is 0.0965 e. The topological polar surface area (TPSA) is 12.9 Å². The van der Waals surface area contributed by atoms with Gasteiger partial charge in [-0.3, -0.25) is 4.98 Å². The first kappa shape index (κ1) is 17.4. The minimum absolute atomic E-state index is 0.295. The second kappa shape index (κ2) is 11.1. The lowest BCUT2D eigenvalue weighted by Gasteiger charge is -2.01. The summed E-state index contributed by atoms with van der Waals surface area (Å²) >= 11 is 1.79. The molecule has 0 saturated carbocycles. The predicted octanol–water partition coefficient (Wildman–Crippen LogP) is 5.49. The van der Waals surface area contributed by atoms with Gasteiger partial charge in [0.25, 0.3) is 0 Å². The molecule has 1 unspecified atom stereocenters. The Morgan fingerprint density at radius 3 is 2.95 bits per heavy atom. The SMILES string of the molecule is C=C(F)C/C=C\C=C/C(C)CS/C=C/Cc1ccccn1. The van der Waals surface area contributed by atoms with Crippen LogP contribution in [0.1, 0.15) is 19.0 Å². The van der Waals surface area contributed by atoms with Crippen LogP contribution in [-0.2, 0) is 6.42 Å². The van der Waals surface area contributed by atoms with Crippen molar-refractivity contribution >= 4 is 11.8 Å². The number of rotatable bonds is 9. The van der Waals surface area contributed by atoms with Gasteiger partial charge in [0.05, 0.1) is 5.83 Å². The summed E-state index contributed by atoms with van der Waals surface area (Å²) in [6.45, 7) is 5.38. The van der Waals surface area contributed by atoms with Gasteiger partial charge in [0.15, 0.2) is 0 Å². The van der Waals surface area contributed by atoms with Crippen LogP contribution in [-0.4, -0.2) is 10.7 Å². The van der Waals surface area contributed by atoms with Crippen molar-refractivity contribution in [2.45, 2.75) is 19.8 Å². The molecule has 0 N–H and O–H groups in total. The summed E-state index contributed by atoms with van der Waals surface area (Å²) in [7, 11) is 0. The summed E-state index contributed by atoms with van der Waals surface area (Å²) in [5, 5.41) is 2.13. The van der Waals surface area contributed by atoms with E-state index < -0.39 is 0 Å². The van der Waals surface area contributed by atoms with Gasteiger partial charge in [0.2, 0.25) is 0 Å². The van der Waals surface area contributed by atoms with Crippen molar-refractivity contribution in [2.24, 2.45) is 5.92 Å². The zero-order valence-corrected chi connectivity index (χ0v) is 13.2. The van der Waals surface area contributed by atoms with Crippen LogP contribution in [0.3, 0.4) is 0 Å². The Labute approximate surface area is 131 Å². The van der Waals surface area contributed by atoms with Gasteiger partial charge in [-0.2, -0.15) is 0 Å². The number of allylic oxidation sites excluding steroid dienone is 6. The maximum atomic E-state index is 12.4. The molecule has 1 nitrogen and oxygen atoms in total. The van der Waals surface area contributed by atoms with Crippen molar-refractivity contribution in [3.8, 4) is 0 Å². The highest BCUT2D eigenvalue weighted by Gasteiger charge is 1.94. The van der Waals surface area contributed by atoms with Crippen molar-refractivity contribution < 1.29 is 4.39 Å². The van der Waals surface area contributed by atoms with Gasteiger partial charge in [-0.1, -0.05) is 49.9 Å². The molecule has 1 aromatic heterocycles. The molecule has 21 heavy (non-hydrogen) atoms. The molecular weight excluding hydrogens is 281 g/mol. The van der Waals surface area contributed by atoms with E-state index in [4.69, 9.17) is 0 Å². The molecule has 0 bridgehead atoms. The molecular formula is C18H22FNS. The van der Waals surface area contributed by atoms with Crippen molar-refractivity contribution in [1.82, 2.24) is 4.98 Å². The Bertz CT molecular complexity index is 491. The smallest absolute Gasteiger partial charge is 0.0965 e. The van der Waals surface area contributed by atoms with Crippen molar-refractivity contribution in [3.05, 3.63) is 78.3 Å². The number of hydrogen-bond acceptors (Lipinski definition) is 2. The summed E-state index contributed by atoms with van der Waals surface area (Å²) in [6, 6.07) is 5.95. The number of hydrogen-bond donors (Lipinski definition) is 0. The minimum atomic E-state index is -0.304. The first-order chi connectivity index (χ1) is 10.2. The molecule has 1 heterocycles. The zero-order chi connectivity index (χ0) is 15.3. The third kappa shape index (κ3) is 9.85. The van der Waals surface area contributed by atoms with Crippen LogP contribution >= 0.6 is 11.8 Å². The standard InChI is InChI=1S/C18H22FNS/c1-16(9-4-3-5-10-17(2)19)15-21-14-8-12-18-11-6-7-13-20-18/h3-9,11,13-14,16H,2,10,12,15H2,1H3/b5-3-,9-4-,14-8+. The maximum absolute atomic E-state index is 12.4. The molecule has 0 radical (unpaired) electrons. The largest absolute Gasteiger partial charge is 0.261 e. The summed E-state index contributed by atoms with van der Waals surface area (Å²) in [5.41, 5.74) is 1.09. The molecule has 0 aliphatic heterocycles. The highest BCUT2D eigenvalue weighted by atomic mass is 32.2. The molecule has 0 spiro atoms. The highest BCUT2D eigenvalue weighted by molar-refractivity contribution is 8.02. The van der Waals surface area contributed by atoms with Crippen LogP contribution < -0.4 is 0 Å². The van der Waals surface area contributed by atoms with Crippen LogP contribution in [0.5, 0.6) is 0 Å². The van der Waals surface area contributed by atoms with Gasteiger partial charge < -0.3 is 0 Å². The van der Waals surface area contributed by atoms with E-state index in [-0.39, 0.29) is 5.83 Å². The second-order valence-corrected chi connectivity index (χ2v) is 5.68. The summed E-state index contributed by atoms with van der Waals surface area (Å²) < 4.78 is 12.4. The van der Waals surface area contributed by atoms with Crippen LogP contribution in [0.2, 0.25) is 0 Å². The molecule has 0 aliphatic carbocycles. The van der Waals surface area contributed by atoms with Crippen LogP contribution in [0.4, 0.5) is 4.39 Å². The fraction of sp³-hybridized carbons (Fsp3) is 0.278. The van der Waals surface area contributed by atoms with Crippen molar-refractivity contribution in [2.75, 3.05) is 5.75 Å². The first-order valence-electron chi connectivity index (χ1n) is 7.01. The normalized spacial score (nSPS) is 13.4. The average Bonchev–Trinajstić information content (AvgIpc) is 2.47. The fourth-order valence-electron chi connectivity index (χ4n) is 1.55. The molecule has 0 amide bonds. The lowest BCUT2D eigenvalue weighted by atomic mass is 10.2. The van der Waals surface area contributed by atoms with Crippen molar-refractivity contribution in [3.63, 3.8) is 0 Å². The number of aromatic nitrogens is 1. The molecule has 1 atom stereocenters. The Morgan fingerprint density at radius 2 is 2.24 bits per heavy atom. The summed E-state index contributed by atoms with van der Waals surface area (Å²) in [4.78, 5) is 4.27. The summed E-state index contributed by atoms with van der Waals surface area (Å²) in [5.74, 6) is 1.20. The number of thioether (sulfide) groups is 1. The Kier molecular flexibility index (Phi) is 9.21. The third-order valence-electron chi connectivity index (χ3n) is 2.63. The molecule has 1 aromatic rings. The Morgan fingerprint density at radius 1 is 1.38 bits per heavy atom. The van der Waals surface area contributed by atoms with Crippen LogP contribution in [0, 0.1) is 5.92 Å². The fourth-order valence-corrected chi connectivity index (χ4v) is 2.31. The van der Waals surface area contributed by atoms with E-state index in [1.54, 1.807) is 17.8 Å². The molecule has 112 valence electrons. The van der Waals surface area contributed by atoms with E-state index >= 15 is 0 Å². The highest BCUT2D eigenvalue weighted by Crippen LogP contribution is 2.11. The van der Waals surface area contributed by atoms with E-state index in [0.717, 1.165) is 17.9 Å². The number of nitrogens with zero attached hydrogens (tertiary/aromatic N) is 1. The van der Waals surface area contributed by atoms with E-state index in [1.807, 2.05) is 36.5 Å². The zero-order valence-electron chi connectivity index (χ0n) is 12.4. The molecule has 1 rings (SSSR count). The first-order valence-corrected chi connectivity index (χ1v) is 8.06. The van der Waals surface area contributed by atoms with Gasteiger partial charge >= 0.3 is 0 Å². The van der Waals surface area contributed by atoms with Crippen LogP contribution in [0.25, 0.3) is 0 Å². The van der Waals surface area contributed by atoms with E-state index in [0.29, 0.717) is 12.3 Å². The molecule has 0 aliphatic rings. The molecule has 0 fully saturated rings. The van der Waals surface area contributed by atoms with E-state index in [9.17, 15) is 4.39 Å². The summed E-state index contributed by atoms with van der Waals surface area (Å²) in [6.07, 6.45) is 12.8. The number of pyridine rings is 1. The van der Waals surface area contributed by atoms with Crippen molar-refractivity contribution in [1.29, 1.82) is 0 Å². The lowest BCUT2D eigenvalue weighted by molar-refractivity contribution is 0.622. The van der Waals surface area contributed by atoms with Crippen LogP contribution in [0.15, 0.2) is 72.6 Å². The Balaban J connectivity index is 2.15.